The molecular weight excluding hydrogens is 182 g/mol. The molecular formula is C8H15N5O. The second-order valence-corrected chi connectivity index (χ2v) is 3.26. The molecule has 0 spiro atoms. The van der Waals surface area contributed by atoms with Gasteiger partial charge in [0.2, 0.25) is 0 Å². The van der Waals surface area contributed by atoms with Gasteiger partial charge in [-0.15, -0.1) is 0 Å². The largest absolute Gasteiger partial charge is 0.379 e. The summed E-state index contributed by atoms with van der Waals surface area (Å²) in [7, 11) is 1.82. The second kappa shape index (κ2) is 4.50. The van der Waals surface area contributed by atoms with Gasteiger partial charge in [-0.1, -0.05) is 0 Å². The number of aromatic nitrogens is 3. The number of hydrazine groups is 1. The monoisotopic (exact) mass is 197 g/mol. The molecule has 0 bridgehead atoms. The van der Waals surface area contributed by atoms with Crippen LogP contribution in [0.2, 0.25) is 0 Å². The zero-order valence-electron chi connectivity index (χ0n) is 8.31. The maximum absolute atomic E-state index is 5.24. The van der Waals surface area contributed by atoms with Crippen LogP contribution in [0.15, 0.2) is 6.20 Å². The summed E-state index contributed by atoms with van der Waals surface area (Å²) in [6, 6.07) is 0. The Balaban J connectivity index is 1.76. The molecule has 0 radical (unpaired) electrons. The molecule has 2 rings (SSSR count). The third-order valence-corrected chi connectivity index (χ3v) is 2.14. The molecule has 14 heavy (non-hydrogen) atoms. The Morgan fingerprint density at radius 2 is 2.29 bits per heavy atom. The van der Waals surface area contributed by atoms with E-state index in [0.29, 0.717) is 0 Å². The van der Waals surface area contributed by atoms with E-state index in [1.165, 1.54) is 0 Å². The van der Waals surface area contributed by atoms with Crippen molar-refractivity contribution in [2.24, 2.45) is 7.05 Å². The van der Waals surface area contributed by atoms with E-state index >= 15 is 0 Å². The van der Waals surface area contributed by atoms with E-state index in [9.17, 15) is 0 Å². The lowest BCUT2D eigenvalue weighted by atomic mass is 10.5. The highest BCUT2D eigenvalue weighted by Gasteiger charge is 2.09. The van der Waals surface area contributed by atoms with Gasteiger partial charge in [-0.2, -0.15) is 15.0 Å². The average molecular weight is 197 g/mol. The molecule has 1 aromatic heterocycles. The number of nitrogens with one attached hydrogen (secondary N) is 1. The first-order chi connectivity index (χ1) is 6.84. The molecule has 2 heterocycles. The lowest BCUT2D eigenvalue weighted by Crippen LogP contribution is -2.45. The average Bonchev–Trinajstić information content (AvgIpc) is 2.63. The topological polar surface area (TPSA) is 55.2 Å². The van der Waals surface area contributed by atoms with Gasteiger partial charge in [0, 0.05) is 20.1 Å². The highest BCUT2D eigenvalue weighted by atomic mass is 16.5. The summed E-state index contributed by atoms with van der Waals surface area (Å²) in [5, 5.41) is 10.3. The molecule has 1 aromatic rings. The smallest absolute Gasteiger partial charge is 0.0979 e. The first-order valence-electron chi connectivity index (χ1n) is 4.76. The van der Waals surface area contributed by atoms with Crippen molar-refractivity contribution >= 4 is 0 Å². The normalized spacial score (nSPS) is 18.6. The van der Waals surface area contributed by atoms with Crippen LogP contribution < -0.4 is 5.43 Å². The van der Waals surface area contributed by atoms with E-state index in [1.807, 2.05) is 7.05 Å². The molecule has 0 unspecified atom stereocenters. The van der Waals surface area contributed by atoms with Crippen molar-refractivity contribution in [2.45, 2.75) is 6.54 Å². The van der Waals surface area contributed by atoms with Crippen LogP contribution in [0.5, 0.6) is 0 Å². The van der Waals surface area contributed by atoms with Crippen LogP contribution in [0, 0.1) is 0 Å². The SMILES string of the molecule is Cn1ncc(CNN2CCOCC2)n1. The highest BCUT2D eigenvalue weighted by Crippen LogP contribution is 1.95. The van der Waals surface area contributed by atoms with Crippen LogP contribution in [0.4, 0.5) is 0 Å². The van der Waals surface area contributed by atoms with Crippen molar-refractivity contribution in [1.29, 1.82) is 0 Å². The fourth-order valence-corrected chi connectivity index (χ4v) is 1.38. The van der Waals surface area contributed by atoms with Crippen LogP contribution in [0.1, 0.15) is 5.69 Å². The van der Waals surface area contributed by atoms with E-state index in [-0.39, 0.29) is 0 Å². The standard InChI is InChI=1S/C8H15N5O/c1-12-9-6-8(11-12)7-10-13-2-4-14-5-3-13/h6,10H,2-5,7H2,1H3. The van der Waals surface area contributed by atoms with Crippen LogP contribution in [-0.4, -0.2) is 46.3 Å². The molecule has 6 heteroatoms. The predicted octanol–water partition coefficient (Wildman–Crippen LogP) is -0.848. The minimum Gasteiger partial charge on any atom is -0.379 e. The molecule has 1 N–H and O–H groups in total. The minimum atomic E-state index is 0.730. The fourth-order valence-electron chi connectivity index (χ4n) is 1.38. The minimum absolute atomic E-state index is 0.730. The van der Waals surface area contributed by atoms with Gasteiger partial charge in [0.1, 0.15) is 0 Å². The lowest BCUT2D eigenvalue weighted by molar-refractivity contribution is 0.0103. The maximum atomic E-state index is 5.24. The Kier molecular flexibility index (Phi) is 3.07. The summed E-state index contributed by atoms with van der Waals surface area (Å²) in [5.74, 6) is 0. The van der Waals surface area contributed by atoms with Crippen molar-refractivity contribution in [1.82, 2.24) is 25.4 Å². The fraction of sp³-hybridized carbons (Fsp3) is 0.750. The van der Waals surface area contributed by atoms with Crippen molar-refractivity contribution in [2.75, 3.05) is 26.3 Å². The third-order valence-electron chi connectivity index (χ3n) is 2.14. The van der Waals surface area contributed by atoms with Crippen LogP contribution in [0.25, 0.3) is 0 Å². The van der Waals surface area contributed by atoms with E-state index in [0.717, 1.165) is 38.5 Å². The van der Waals surface area contributed by atoms with E-state index in [4.69, 9.17) is 4.74 Å². The van der Waals surface area contributed by atoms with E-state index in [2.05, 4.69) is 20.6 Å². The summed E-state index contributed by atoms with van der Waals surface area (Å²) in [4.78, 5) is 1.57. The van der Waals surface area contributed by atoms with E-state index < -0.39 is 0 Å². The number of morpholine rings is 1. The Labute approximate surface area is 82.8 Å². The molecule has 0 aliphatic carbocycles. The molecule has 1 fully saturated rings. The van der Waals surface area contributed by atoms with Gasteiger partial charge in [-0.05, 0) is 0 Å². The van der Waals surface area contributed by atoms with Gasteiger partial charge in [-0.25, -0.2) is 10.4 Å². The van der Waals surface area contributed by atoms with Gasteiger partial charge < -0.3 is 4.74 Å². The van der Waals surface area contributed by atoms with Crippen molar-refractivity contribution in [3.8, 4) is 0 Å². The molecule has 0 aromatic carbocycles. The Hall–Kier alpha value is -0.980. The van der Waals surface area contributed by atoms with Gasteiger partial charge in [-0.3, -0.25) is 0 Å². The van der Waals surface area contributed by atoms with Crippen molar-refractivity contribution in [3.05, 3.63) is 11.9 Å². The highest BCUT2D eigenvalue weighted by molar-refractivity contribution is 4.89. The molecule has 1 aliphatic rings. The second-order valence-electron chi connectivity index (χ2n) is 3.26. The molecule has 0 amide bonds. The number of hydrogen-bond donors (Lipinski definition) is 1. The Morgan fingerprint density at radius 1 is 1.50 bits per heavy atom. The van der Waals surface area contributed by atoms with Crippen LogP contribution in [0.3, 0.4) is 0 Å². The Morgan fingerprint density at radius 3 is 2.93 bits per heavy atom. The zero-order valence-corrected chi connectivity index (χ0v) is 8.31. The summed E-state index contributed by atoms with van der Waals surface area (Å²) < 4.78 is 5.24. The van der Waals surface area contributed by atoms with Gasteiger partial charge in [0.25, 0.3) is 0 Å². The number of rotatable bonds is 3. The molecule has 1 aliphatic heterocycles. The summed E-state index contributed by atoms with van der Waals surface area (Å²) in [5.41, 5.74) is 4.25. The molecule has 0 atom stereocenters. The van der Waals surface area contributed by atoms with Crippen molar-refractivity contribution < 1.29 is 4.74 Å². The van der Waals surface area contributed by atoms with Crippen molar-refractivity contribution in [3.63, 3.8) is 0 Å². The Bertz CT molecular complexity index is 281. The molecule has 6 nitrogen and oxygen atoms in total. The molecule has 78 valence electrons. The zero-order chi connectivity index (χ0) is 9.80. The maximum Gasteiger partial charge on any atom is 0.0979 e. The van der Waals surface area contributed by atoms with E-state index in [1.54, 1.807) is 11.0 Å². The number of ether oxygens (including phenoxy) is 1. The van der Waals surface area contributed by atoms with Gasteiger partial charge >= 0.3 is 0 Å². The number of nitrogens with zero attached hydrogens (tertiary/aromatic N) is 4. The summed E-state index contributed by atoms with van der Waals surface area (Å²) in [6.07, 6.45) is 1.77. The molecule has 0 saturated carbocycles. The van der Waals surface area contributed by atoms with Crippen LogP contribution in [-0.2, 0) is 18.3 Å². The predicted molar refractivity (Wildman–Crippen MR) is 50.2 cm³/mol. The molecule has 1 saturated heterocycles. The third kappa shape index (κ3) is 2.50. The van der Waals surface area contributed by atoms with Gasteiger partial charge in [0.15, 0.2) is 0 Å². The number of hydrogen-bond acceptors (Lipinski definition) is 5. The first kappa shape index (κ1) is 9.57. The first-order valence-corrected chi connectivity index (χ1v) is 4.76. The van der Waals surface area contributed by atoms with Gasteiger partial charge in [0.05, 0.1) is 31.6 Å². The number of aryl methyl sites for hydroxylation is 1. The lowest BCUT2D eigenvalue weighted by Gasteiger charge is -2.26. The van der Waals surface area contributed by atoms with Crippen LogP contribution >= 0.6 is 0 Å². The quantitative estimate of drug-likeness (QED) is 0.684. The summed E-state index contributed by atoms with van der Waals surface area (Å²) >= 11 is 0. The summed E-state index contributed by atoms with van der Waals surface area (Å²) in [6.45, 7) is 4.19.